The zero-order valence-electron chi connectivity index (χ0n) is 11.3. The Kier molecular flexibility index (Phi) is 4.98. The Morgan fingerprint density at radius 2 is 1.64 bits per heavy atom. The van der Waals surface area contributed by atoms with Crippen molar-refractivity contribution in [3.8, 4) is 0 Å². The van der Waals surface area contributed by atoms with Crippen LogP contribution in [0.3, 0.4) is 0 Å². The number of hydrogen-bond acceptors (Lipinski definition) is 3. The van der Waals surface area contributed by atoms with Gasteiger partial charge in [-0.05, 0) is 29.8 Å². The molecule has 4 N–H and O–H groups in total. The third kappa shape index (κ3) is 3.97. The van der Waals surface area contributed by atoms with Gasteiger partial charge >= 0.3 is 12.0 Å². The highest BCUT2D eigenvalue weighted by Gasteiger charge is 2.15. The van der Waals surface area contributed by atoms with Crippen LogP contribution in [0.15, 0.2) is 48.5 Å². The lowest BCUT2D eigenvalue weighted by molar-refractivity contribution is -0.146. The van der Waals surface area contributed by atoms with Crippen LogP contribution in [0, 0.1) is 0 Å². The van der Waals surface area contributed by atoms with E-state index in [9.17, 15) is 14.7 Å². The number of carbonyl (C=O) groups excluding carboxylic acids is 1. The number of rotatable bonds is 4. The highest BCUT2D eigenvalue weighted by molar-refractivity contribution is 6.33. The molecule has 0 fully saturated rings. The number of halogens is 1. The number of anilines is 2. The van der Waals surface area contributed by atoms with E-state index in [1.165, 1.54) is 24.3 Å². The molecular formula is C15H13ClN2O4. The number of benzene rings is 2. The molecule has 2 aromatic rings. The summed E-state index contributed by atoms with van der Waals surface area (Å²) in [5.74, 6) is -1.34. The fourth-order valence-electron chi connectivity index (χ4n) is 1.74. The first-order valence-corrected chi connectivity index (χ1v) is 6.68. The Morgan fingerprint density at radius 3 is 2.23 bits per heavy atom. The van der Waals surface area contributed by atoms with Gasteiger partial charge in [0.1, 0.15) is 0 Å². The quantitative estimate of drug-likeness (QED) is 0.695. The molecule has 0 aliphatic rings. The molecule has 2 aromatic carbocycles. The van der Waals surface area contributed by atoms with Crippen molar-refractivity contribution in [3.05, 3.63) is 59.1 Å². The summed E-state index contributed by atoms with van der Waals surface area (Å²) < 4.78 is 0. The lowest BCUT2D eigenvalue weighted by Gasteiger charge is -2.10. The molecule has 1 atom stereocenters. The highest BCUT2D eigenvalue weighted by Crippen LogP contribution is 2.21. The van der Waals surface area contributed by atoms with Gasteiger partial charge in [0.25, 0.3) is 0 Å². The number of urea groups is 1. The fourth-order valence-corrected chi connectivity index (χ4v) is 1.92. The minimum absolute atomic E-state index is 0.226. The van der Waals surface area contributed by atoms with Crippen molar-refractivity contribution in [1.29, 1.82) is 0 Å². The second-order valence-corrected chi connectivity index (χ2v) is 4.83. The summed E-state index contributed by atoms with van der Waals surface area (Å²) in [4.78, 5) is 22.5. The Hall–Kier alpha value is -2.57. The molecule has 7 heteroatoms. The Labute approximate surface area is 131 Å². The highest BCUT2D eigenvalue weighted by atomic mass is 35.5. The molecule has 0 bridgehead atoms. The standard InChI is InChI=1S/C15H13ClN2O4/c16-11-3-1-2-4-12(11)18-15(22)17-10-7-5-9(6-8-10)13(19)14(20)21/h1-8,13,19H,(H,20,21)(H2,17,18,22). The van der Waals surface area contributed by atoms with Crippen LogP contribution in [0.2, 0.25) is 5.02 Å². The normalized spacial score (nSPS) is 11.5. The number of hydrogen-bond donors (Lipinski definition) is 4. The second kappa shape index (κ2) is 6.93. The summed E-state index contributed by atoms with van der Waals surface area (Å²) in [6.07, 6.45) is -1.59. The van der Waals surface area contributed by atoms with Crippen LogP contribution in [-0.4, -0.2) is 22.2 Å². The summed E-state index contributed by atoms with van der Waals surface area (Å²) in [6, 6.07) is 12.1. The van der Waals surface area contributed by atoms with Crippen LogP contribution in [0.1, 0.15) is 11.7 Å². The van der Waals surface area contributed by atoms with Gasteiger partial charge in [-0.3, -0.25) is 0 Å². The molecule has 114 valence electrons. The molecule has 0 aromatic heterocycles. The van der Waals surface area contributed by atoms with Crippen molar-refractivity contribution in [2.45, 2.75) is 6.10 Å². The van der Waals surface area contributed by atoms with E-state index in [1.807, 2.05) is 0 Å². The molecule has 0 saturated carbocycles. The summed E-state index contributed by atoms with van der Waals surface area (Å²) >= 11 is 5.93. The first kappa shape index (κ1) is 15.8. The summed E-state index contributed by atoms with van der Waals surface area (Å²) in [7, 11) is 0. The fraction of sp³-hybridized carbons (Fsp3) is 0.0667. The largest absolute Gasteiger partial charge is 0.479 e. The molecule has 0 aliphatic heterocycles. The number of carbonyl (C=O) groups is 2. The van der Waals surface area contributed by atoms with E-state index in [0.29, 0.717) is 16.4 Å². The minimum Gasteiger partial charge on any atom is -0.479 e. The van der Waals surface area contributed by atoms with Crippen LogP contribution < -0.4 is 10.6 Å². The third-order valence-corrected chi connectivity index (χ3v) is 3.17. The van der Waals surface area contributed by atoms with E-state index < -0.39 is 18.1 Å². The number of carboxylic acid groups (broad SMARTS) is 1. The van der Waals surface area contributed by atoms with Crippen molar-refractivity contribution in [2.24, 2.45) is 0 Å². The lowest BCUT2D eigenvalue weighted by atomic mass is 10.1. The van der Waals surface area contributed by atoms with Gasteiger partial charge in [-0.25, -0.2) is 9.59 Å². The van der Waals surface area contributed by atoms with Crippen molar-refractivity contribution >= 4 is 35.0 Å². The molecule has 0 heterocycles. The molecule has 0 spiro atoms. The van der Waals surface area contributed by atoms with Crippen LogP contribution in [0.4, 0.5) is 16.2 Å². The maximum atomic E-state index is 11.8. The Bertz CT molecular complexity index is 688. The Balaban J connectivity index is 2.00. The second-order valence-electron chi connectivity index (χ2n) is 4.42. The average Bonchev–Trinajstić information content (AvgIpc) is 2.49. The molecule has 0 radical (unpaired) electrons. The zero-order chi connectivity index (χ0) is 16.1. The van der Waals surface area contributed by atoms with E-state index in [0.717, 1.165) is 0 Å². The number of para-hydroxylation sites is 1. The number of aliphatic carboxylic acids is 1. The van der Waals surface area contributed by atoms with Crippen LogP contribution in [-0.2, 0) is 4.79 Å². The average molecular weight is 321 g/mol. The van der Waals surface area contributed by atoms with Gasteiger partial charge in [-0.2, -0.15) is 0 Å². The molecule has 1 unspecified atom stereocenters. The number of carboxylic acids is 1. The smallest absolute Gasteiger partial charge is 0.337 e. The third-order valence-electron chi connectivity index (χ3n) is 2.84. The molecule has 22 heavy (non-hydrogen) atoms. The number of aliphatic hydroxyl groups is 1. The summed E-state index contributed by atoms with van der Waals surface area (Å²) in [5, 5.41) is 23.7. The first-order valence-electron chi connectivity index (χ1n) is 6.31. The maximum Gasteiger partial charge on any atom is 0.337 e. The van der Waals surface area contributed by atoms with Gasteiger partial charge in [0.05, 0.1) is 10.7 Å². The van der Waals surface area contributed by atoms with Crippen LogP contribution >= 0.6 is 11.6 Å². The number of nitrogens with one attached hydrogen (secondary N) is 2. The van der Waals surface area contributed by atoms with E-state index in [2.05, 4.69) is 10.6 Å². The maximum absolute atomic E-state index is 11.8. The van der Waals surface area contributed by atoms with Gasteiger partial charge in [-0.15, -0.1) is 0 Å². The van der Waals surface area contributed by atoms with Crippen molar-refractivity contribution in [3.63, 3.8) is 0 Å². The van der Waals surface area contributed by atoms with Crippen molar-refractivity contribution < 1.29 is 19.8 Å². The topological polar surface area (TPSA) is 98.7 Å². The number of aliphatic hydroxyl groups excluding tert-OH is 1. The van der Waals surface area contributed by atoms with E-state index in [4.69, 9.17) is 16.7 Å². The van der Waals surface area contributed by atoms with E-state index in [-0.39, 0.29) is 5.56 Å². The zero-order valence-corrected chi connectivity index (χ0v) is 12.0. The van der Waals surface area contributed by atoms with Crippen molar-refractivity contribution in [1.82, 2.24) is 0 Å². The predicted octanol–water partition coefficient (Wildman–Crippen LogP) is 3.10. The predicted molar refractivity (Wildman–Crippen MR) is 83.1 cm³/mol. The molecule has 6 nitrogen and oxygen atoms in total. The van der Waals surface area contributed by atoms with Crippen LogP contribution in [0.5, 0.6) is 0 Å². The van der Waals surface area contributed by atoms with Gasteiger partial charge < -0.3 is 20.8 Å². The molecular weight excluding hydrogens is 308 g/mol. The summed E-state index contributed by atoms with van der Waals surface area (Å²) in [6.45, 7) is 0. The minimum atomic E-state index is -1.59. The first-order chi connectivity index (χ1) is 10.5. The van der Waals surface area contributed by atoms with Gasteiger partial charge in [0.15, 0.2) is 6.10 Å². The van der Waals surface area contributed by atoms with Crippen LogP contribution in [0.25, 0.3) is 0 Å². The van der Waals surface area contributed by atoms with E-state index in [1.54, 1.807) is 24.3 Å². The monoisotopic (exact) mass is 320 g/mol. The van der Waals surface area contributed by atoms with Crippen molar-refractivity contribution in [2.75, 3.05) is 10.6 Å². The van der Waals surface area contributed by atoms with E-state index >= 15 is 0 Å². The molecule has 0 saturated heterocycles. The number of amides is 2. The van der Waals surface area contributed by atoms with Gasteiger partial charge in [0, 0.05) is 5.69 Å². The molecule has 2 amide bonds. The SMILES string of the molecule is O=C(Nc1ccc(C(O)C(=O)O)cc1)Nc1ccccc1Cl. The molecule has 2 rings (SSSR count). The Morgan fingerprint density at radius 1 is 1.00 bits per heavy atom. The van der Waals surface area contributed by atoms with Gasteiger partial charge in [0.2, 0.25) is 0 Å². The van der Waals surface area contributed by atoms with Gasteiger partial charge in [-0.1, -0.05) is 35.9 Å². The lowest BCUT2D eigenvalue weighted by Crippen LogP contribution is -2.19. The molecule has 0 aliphatic carbocycles. The summed E-state index contributed by atoms with van der Waals surface area (Å²) in [5.41, 5.74) is 1.15.